The molecule has 1 aliphatic carbocycles. The van der Waals surface area contributed by atoms with Crippen LogP contribution in [0.2, 0.25) is 0 Å². The van der Waals surface area contributed by atoms with Gasteiger partial charge in [-0.05, 0) is 42.7 Å². The quantitative estimate of drug-likeness (QED) is 0.722. The van der Waals surface area contributed by atoms with Crippen LogP contribution in [0, 0.1) is 0 Å². The van der Waals surface area contributed by atoms with E-state index in [9.17, 15) is 4.79 Å². The minimum atomic E-state index is 0.0869. The number of carbonyl (C=O) groups excluding carboxylic acids is 1. The largest absolute Gasteiger partial charge is 0.454 e. The SMILES string of the molecule is Cn1c(C(=O)N(Cc2ccc3c(c2)OCO3)C2CC2)cc2ccccc21. The van der Waals surface area contributed by atoms with Crippen LogP contribution in [0.15, 0.2) is 48.5 Å². The van der Waals surface area contributed by atoms with E-state index in [1.807, 2.05) is 65.0 Å². The molecule has 2 aromatic carbocycles. The predicted molar refractivity (Wildman–Crippen MR) is 98.4 cm³/mol. The third-order valence-electron chi connectivity index (χ3n) is 5.21. The molecule has 5 rings (SSSR count). The molecule has 5 heteroatoms. The molecule has 1 amide bonds. The Balaban J connectivity index is 1.46. The van der Waals surface area contributed by atoms with Crippen molar-refractivity contribution in [3.63, 3.8) is 0 Å². The maximum Gasteiger partial charge on any atom is 0.271 e. The summed E-state index contributed by atoms with van der Waals surface area (Å²) in [6.45, 7) is 0.849. The van der Waals surface area contributed by atoms with Crippen LogP contribution >= 0.6 is 0 Å². The van der Waals surface area contributed by atoms with Crippen molar-refractivity contribution in [3.05, 3.63) is 59.8 Å². The highest BCUT2D eigenvalue weighted by molar-refractivity contribution is 5.99. The maximum atomic E-state index is 13.3. The summed E-state index contributed by atoms with van der Waals surface area (Å²) in [5, 5.41) is 1.09. The number of hydrogen-bond acceptors (Lipinski definition) is 3. The Morgan fingerprint density at radius 3 is 2.73 bits per heavy atom. The van der Waals surface area contributed by atoms with Crippen LogP contribution in [-0.4, -0.2) is 28.2 Å². The number of aryl methyl sites for hydroxylation is 1. The summed E-state index contributed by atoms with van der Waals surface area (Å²) >= 11 is 0. The van der Waals surface area contributed by atoms with Crippen molar-refractivity contribution < 1.29 is 14.3 Å². The van der Waals surface area contributed by atoms with Gasteiger partial charge in [-0.1, -0.05) is 24.3 Å². The highest BCUT2D eigenvalue weighted by Gasteiger charge is 2.34. The van der Waals surface area contributed by atoms with Gasteiger partial charge in [-0.25, -0.2) is 0 Å². The highest BCUT2D eigenvalue weighted by atomic mass is 16.7. The van der Waals surface area contributed by atoms with E-state index >= 15 is 0 Å². The molecule has 1 fully saturated rings. The molecule has 0 bridgehead atoms. The molecular formula is C21H20N2O3. The molecule has 26 heavy (non-hydrogen) atoms. The molecule has 1 aromatic heterocycles. The first-order chi connectivity index (χ1) is 12.7. The highest BCUT2D eigenvalue weighted by Crippen LogP contribution is 2.35. The number of aromatic nitrogens is 1. The van der Waals surface area contributed by atoms with Gasteiger partial charge in [-0.15, -0.1) is 0 Å². The summed E-state index contributed by atoms with van der Waals surface area (Å²) in [5.41, 5.74) is 2.88. The molecular weight excluding hydrogens is 328 g/mol. The summed E-state index contributed by atoms with van der Waals surface area (Å²) in [6, 6.07) is 16.3. The number of nitrogens with zero attached hydrogens (tertiary/aromatic N) is 2. The van der Waals surface area contributed by atoms with Gasteiger partial charge in [-0.3, -0.25) is 4.79 Å². The van der Waals surface area contributed by atoms with E-state index in [0.717, 1.165) is 46.5 Å². The first-order valence-corrected chi connectivity index (χ1v) is 8.94. The zero-order chi connectivity index (χ0) is 17.7. The minimum Gasteiger partial charge on any atom is -0.454 e. The third-order valence-corrected chi connectivity index (χ3v) is 5.21. The van der Waals surface area contributed by atoms with Crippen molar-refractivity contribution in [1.82, 2.24) is 9.47 Å². The van der Waals surface area contributed by atoms with Gasteiger partial charge in [0.15, 0.2) is 11.5 Å². The van der Waals surface area contributed by atoms with E-state index in [-0.39, 0.29) is 12.7 Å². The molecule has 2 heterocycles. The molecule has 0 atom stereocenters. The molecule has 0 radical (unpaired) electrons. The number of para-hydroxylation sites is 1. The van der Waals surface area contributed by atoms with Gasteiger partial charge in [0, 0.05) is 30.5 Å². The Kier molecular flexibility index (Phi) is 3.42. The predicted octanol–water partition coefficient (Wildman–Crippen LogP) is 3.71. The summed E-state index contributed by atoms with van der Waals surface area (Å²) in [7, 11) is 1.96. The lowest BCUT2D eigenvalue weighted by Gasteiger charge is -2.23. The van der Waals surface area contributed by atoms with Crippen molar-refractivity contribution in [2.45, 2.75) is 25.4 Å². The van der Waals surface area contributed by atoms with E-state index in [1.54, 1.807) is 0 Å². The van der Waals surface area contributed by atoms with Crippen molar-refractivity contribution in [2.24, 2.45) is 7.05 Å². The van der Waals surface area contributed by atoms with Gasteiger partial charge in [0.25, 0.3) is 5.91 Å². The molecule has 0 saturated heterocycles. The van der Waals surface area contributed by atoms with Crippen LogP contribution in [0.5, 0.6) is 11.5 Å². The fourth-order valence-corrected chi connectivity index (χ4v) is 3.63. The van der Waals surface area contributed by atoms with Crippen LogP contribution in [0.4, 0.5) is 0 Å². The first-order valence-electron chi connectivity index (χ1n) is 8.94. The number of carbonyl (C=O) groups is 1. The lowest BCUT2D eigenvalue weighted by Crippen LogP contribution is -2.33. The van der Waals surface area contributed by atoms with Gasteiger partial charge in [0.05, 0.1) is 0 Å². The Morgan fingerprint density at radius 2 is 1.92 bits per heavy atom. The molecule has 132 valence electrons. The number of amides is 1. The second-order valence-electron chi connectivity index (χ2n) is 7.00. The lowest BCUT2D eigenvalue weighted by atomic mass is 10.1. The number of benzene rings is 2. The first kappa shape index (κ1) is 15.3. The Bertz CT molecular complexity index is 1000. The second kappa shape index (κ2) is 5.80. The summed E-state index contributed by atoms with van der Waals surface area (Å²) < 4.78 is 12.8. The van der Waals surface area contributed by atoms with E-state index in [4.69, 9.17) is 9.47 Å². The van der Waals surface area contributed by atoms with E-state index < -0.39 is 0 Å². The van der Waals surface area contributed by atoms with Gasteiger partial charge in [0.2, 0.25) is 6.79 Å². The Morgan fingerprint density at radius 1 is 1.12 bits per heavy atom. The number of ether oxygens (including phenoxy) is 2. The fourth-order valence-electron chi connectivity index (χ4n) is 3.63. The minimum absolute atomic E-state index is 0.0869. The van der Waals surface area contributed by atoms with Crippen LogP contribution < -0.4 is 9.47 Å². The Hall–Kier alpha value is -2.95. The molecule has 1 aliphatic heterocycles. The normalized spacial score (nSPS) is 15.4. The third kappa shape index (κ3) is 2.51. The van der Waals surface area contributed by atoms with Gasteiger partial charge in [0.1, 0.15) is 5.69 Å². The smallest absolute Gasteiger partial charge is 0.271 e. The standard InChI is InChI=1S/C21H20N2O3/c1-22-17-5-3-2-4-15(17)11-18(22)21(24)23(16-7-8-16)12-14-6-9-19-20(10-14)26-13-25-19/h2-6,9-11,16H,7-8,12-13H2,1H3. The molecule has 0 unspecified atom stereocenters. The van der Waals surface area contributed by atoms with E-state index in [0.29, 0.717) is 12.6 Å². The fraction of sp³-hybridized carbons (Fsp3) is 0.286. The van der Waals surface area contributed by atoms with Gasteiger partial charge in [-0.2, -0.15) is 0 Å². The molecule has 1 saturated carbocycles. The zero-order valence-electron chi connectivity index (χ0n) is 14.6. The van der Waals surface area contributed by atoms with Crippen LogP contribution in [0.3, 0.4) is 0 Å². The zero-order valence-corrected chi connectivity index (χ0v) is 14.6. The molecule has 0 N–H and O–H groups in total. The van der Waals surface area contributed by atoms with Crippen LogP contribution in [-0.2, 0) is 13.6 Å². The molecule has 2 aliphatic rings. The average molecular weight is 348 g/mol. The molecule has 0 spiro atoms. The topological polar surface area (TPSA) is 43.7 Å². The summed E-state index contributed by atoms with van der Waals surface area (Å²) in [5.74, 6) is 1.62. The number of fused-ring (bicyclic) bond motifs is 2. The van der Waals surface area contributed by atoms with Gasteiger partial charge >= 0.3 is 0 Å². The monoisotopic (exact) mass is 348 g/mol. The summed E-state index contributed by atoms with van der Waals surface area (Å²) in [6.07, 6.45) is 2.14. The average Bonchev–Trinajstić information content (AvgIpc) is 3.30. The van der Waals surface area contributed by atoms with Gasteiger partial charge < -0.3 is 18.9 Å². The molecule has 3 aromatic rings. The number of rotatable bonds is 4. The van der Waals surface area contributed by atoms with Crippen molar-refractivity contribution in [2.75, 3.05) is 6.79 Å². The maximum absolute atomic E-state index is 13.3. The van der Waals surface area contributed by atoms with Crippen molar-refractivity contribution in [1.29, 1.82) is 0 Å². The molecule has 5 nitrogen and oxygen atoms in total. The van der Waals surface area contributed by atoms with E-state index in [2.05, 4.69) is 0 Å². The number of hydrogen-bond donors (Lipinski definition) is 0. The second-order valence-corrected chi connectivity index (χ2v) is 7.00. The summed E-state index contributed by atoms with van der Waals surface area (Å²) in [4.78, 5) is 15.3. The van der Waals surface area contributed by atoms with Crippen molar-refractivity contribution >= 4 is 16.8 Å². The Labute approximate surface area is 151 Å². The van der Waals surface area contributed by atoms with Crippen molar-refractivity contribution in [3.8, 4) is 11.5 Å². The lowest BCUT2D eigenvalue weighted by molar-refractivity contribution is 0.0720. The van der Waals surface area contributed by atoms with Crippen LogP contribution in [0.25, 0.3) is 10.9 Å². The van der Waals surface area contributed by atoms with Crippen LogP contribution in [0.1, 0.15) is 28.9 Å². The van der Waals surface area contributed by atoms with E-state index in [1.165, 1.54) is 0 Å².